The number of morpholine rings is 1. The first kappa shape index (κ1) is 17.8. The van der Waals surface area contributed by atoms with Gasteiger partial charge in [0.25, 0.3) is 0 Å². The van der Waals surface area contributed by atoms with Gasteiger partial charge in [-0.25, -0.2) is 15.0 Å². The van der Waals surface area contributed by atoms with Crippen molar-refractivity contribution in [1.29, 1.82) is 0 Å². The fourth-order valence-corrected chi connectivity index (χ4v) is 3.58. The lowest BCUT2D eigenvalue weighted by Gasteiger charge is -2.36. The van der Waals surface area contributed by atoms with E-state index in [0.29, 0.717) is 18.9 Å². The van der Waals surface area contributed by atoms with Gasteiger partial charge in [-0.15, -0.1) is 0 Å². The van der Waals surface area contributed by atoms with Gasteiger partial charge in [-0.1, -0.05) is 0 Å². The second-order valence-electron chi connectivity index (χ2n) is 7.10. The Hall–Kier alpha value is -2.55. The molecule has 0 unspecified atom stereocenters. The van der Waals surface area contributed by atoms with E-state index < -0.39 is 0 Å². The predicted molar refractivity (Wildman–Crippen MR) is 98.2 cm³/mol. The Morgan fingerprint density at radius 2 is 2.07 bits per heavy atom. The van der Waals surface area contributed by atoms with Crippen molar-refractivity contribution in [3.63, 3.8) is 0 Å². The van der Waals surface area contributed by atoms with E-state index in [1.807, 2.05) is 0 Å². The van der Waals surface area contributed by atoms with Crippen molar-refractivity contribution in [2.24, 2.45) is 0 Å². The zero-order valence-electron chi connectivity index (χ0n) is 15.3. The maximum absolute atomic E-state index is 12.1. The zero-order chi connectivity index (χ0) is 18.5. The summed E-state index contributed by atoms with van der Waals surface area (Å²) in [7, 11) is 0. The van der Waals surface area contributed by atoms with Crippen molar-refractivity contribution in [3.05, 3.63) is 30.7 Å². The molecule has 2 aromatic rings. The third kappa shape index (κ3) is 4.60. The van der Waals surface area contributed by atoms with Crippen LogP contribution >= 0.6 is 0 Å². The van der Waals surface area contributed by atoms with Gasteiger partial charge in [0.05, 0.1) is 13.2 Å². The molecule has 0 bridgehead atoms. The zero-order valence-corrected chi connectivity index (χ0v) is 15.3. The molecule has 1 aliphatic carbocycles. The van der Waals surface area contributed by atoms with E-state index in [2.05, 4.69) is 36.3 Å². The van der Waals surface area contributed by atoms with E-state index in [9.17, 15) is 4.79 Å². The van der Waals surface area contributed by atoms with Crippen LogP contribution in [0, 0.1) is 0 Å². The number of amides is 1. The number of nitrogens with one attached hydrogen (secondary N) is 1. The topological polar surface area (TPSA) is 98.1 Å². The van der Waals surface area contributed by atoms with Gasteiger partial charge in [-0.2, -0.15) is 5.10 Å². The standard InChI is InChI=1S/C18H25N7O2/c26-18(2-1-3-25-13-19-11-22-25)23-15-8-14(9-15)16-10-17(21-12-20-16)24-4-6-27-7-5-24/h10-15H,1-9H2,(H,23,26). The Kier molecular flexibility index (Phi) is 5.57. The number of aryl methyl sites for hydroxylation is 1. The maximum Gasteiger partial charge on any atom is 0.220 e. The van der Waals surface area contributed by atoms with Crippen molar-refractivity contribution < 1.29 is 9.53 Å². The molecule has 0 radical (unpaired) electrons. The van der Waals surface area contributed by atoms with Crippen LogP contribution in [0.3, 0.4) is 0 Å². The largest absolute Gasteiger partial charge is 0.378 e. The van der Waals surface area contributed by atoms with Crippen LogP contribution in [0.25, 0.3) is 0 Å². The quantitative estimate of drug-likeness (QED) is 0.767. The SMILES string of the molecule is O=C(CCCn1cncn1)NC1CC(c2cc(N3CCOCC3)ncn2)C1. The average molecular weight is 371 g/mol. The number of aromatic nitrogens is 5. The highest BCUT2D eigenvalue weighted by molar-refractivity contribution is 5.76. The minimum atomic E-state index is 0.107. The third-order valence-electron chi connectivity index (χ3n) is 5.19. The number of hydrogen-bond acceptors (Lipinski definition) is 7. The second kappa shape index (κ2) is 8.43. The summed E-state index contributed by atoms with van der Waals surface area (Å²) in [5, 5.41) is 7.16. The van der Waals surface area contributed by atoms with Crippen molar-refractivity contribution >= 4 is 11.7 Å². The molecule has 3 heterocycles. The number of hydrogen-bond donors (Lipinski definition) is 1. The number of nitrogens with zero attached hydrogens (tertiary/aromatic N) is 6. The molecule has 9 nitrogen and oxygen atoms in total. The molecule has 1 saturated heterocycles. The van der Waals surface area contributed by atoms with Gasteiger partial charge in [-0.3, -0.25) is 9.48 Å². The Bertz CT molecular complexity index is 740. The van der Waals surface area contributed by atoms with Crippen LogP contribution < -0.4 is 10.2 Å². The molecule has 1 amide bonds. The lowest BCUT2D eigenvalue weighted by Crippen LogP contribution is -2.43. The molecule has 1 N–H and O–H groups in total. The van der Waals surface area contributed by atoms with E-state index in [1.165, 1.54) is 6.33 Å². The molecular weight excluding hydrogens is 346 g/mol. The summed E-state index contributed by atoms with van der Waals surface area (Å²) in [6.07, 6.45) is 7.97. The molecule has 0 spiro atoms. The van der Waals surface area contributed by atoms with Crippen LogP contribution in [0.15, 0.2) is 25.0 Å². The number of carbonyl (C=O) groups excluding carboxylic acids is 1. The highest BCUT2D eigenvalue weighted by Crippen LogP contribution is 2.36. The summed E-state index contributed by atoms with van der Waals surface area (Å²) < 4.78 is 7.14. The predicted octanol–water partition coefficient (Wildman–Crippen LogP) is 0.747. The van der Waals surface area contributed by atoms with Gasteiger partial charge >= 0.3 is 0 Å². The minimum absolute atomic E-state index is 0.107. The molecule has 1 saturated carbocycles. The lowest BCUT2D eigenvalue weighted by atomic mass is 9.78. The third-order valence-corrected chi connectivity index (χ3v) is 5.19. The Labute approximate surface area is 158 Å². The van der Waals surface area contributed by atoms with Gasteiger partial charge < -0.3 is 15.0 Å². The Morgan fingerprint density at radius 1 is 1.22 bits per heavy atom. The highest BCUT2D eigenvalue weighted by atomic mass is 16.5. The van der Waals surface area contributed by atoms with Crippen molar-refractivity contribution in [1.82, 2.24) is 30.0 Å². The molecule has 1 aliphatic heterocycles. The molecule has 2 fully saturated rings. The number of rotatable bonds is 7. The Balaban J connectivity index is 1.20. The first-order valence-electron chi connectivity index (χ1n) is 9.54. The molecule has 0 aromatic carbocycles. The van der Waals surface area contributed by atoms with E-state index in [4.69, 9.17) is 4.74 Å². The van der Waals surface area contributed by atoms with Crippen LogP contribution in [0.5, 0.6) is 0 Å². The summed E-state index contributed by atoms with van der Waals surface area (Å²) in [5.41, 5.74) is 1.07. The summed E-state index contributed by atoms with van der Waals surface area (Å²) in [6.45, 7) is 3.94. The normalized spacial score (nSPS) is 22.3. The molecule has 0 atom stereocenters. The fraction of sp³-hybridized carbons (Fsp3) is 0.611. The average Bonchev–Trinajstić information content (AvgIpc) is 3.19. The van der Waals surface area contributed by atoms with Crippen LogP contribution in [0.1, 0.15) is 37.3 Å². The van der Waals surface area contributed by atoms with Gasteiger partial charge in [0.2, 0.25) is 5.91 Å². The summed E-state index contributed by atoms with van der Waals surface area (Å²) in [4.78, 5) is 27.1. The Morgan fingerprint density at radius 3 is 2.85 bits per heavy atom. The lowest BCUT2D eigenvalue weighted by molar-refractivity contribution is -0.122. The van der Waals surface area contributed by atoms with Crippen LogP contribution in [-0.4, -0.2) is 63.0 Å². The maximum atomic E-state index is 12.1. The number of anilines is 1. The monoisotopic (exact) mass is 371 g/mol. The highest BCUT2D eigenvalue weighted by Gasteiger charge is 2.32. The number of ether oxygens (including phenoxy) is 1. The first-order valence-corrected chi connectivity index (χ1v) is 9.54. The summed E-state index contributed by atoms with van der Waals surface area (Å²) in [6, 6.07) is 2.34. The molecule has 4 rings (SSSR count). The van der Waals surface area contributed by atoms with Gasteiger partial charge in [-0.05, 0) is 19.3 Å². The number of carbonyl (C=O) groups is 1. The van der Waals surface area contributed by atoms with Gasteiger partial charge in [0, 0.05) is 49.8 Å². The minimum Gasteiger partial charge on any atom is -0.378 e. The van der Waals surface area contributed by atoms with Crippen LogP contribution in [-0.2, 0) is 16.1 Å². The van der Waals surface area contributed by atoms with Gasteiger partial charge in [0.1, 0.15) is 24.8 Å². The second-order valence-corrected chi connectivity index (χ2v) is 7.10. The molecule has 9 heteroatoms. The van der Waals surface area contributed by atoms with E-state index in [-0.39, 0.29) is 11.9 Å². The molecular formula is C18H25N7O2. The van der Waals surface area contributed by atoms with E-state index >= 15 is 0 Å². The first-order chi connectivity index (χ1) is 13.3. The van der Waals surface area contributed by atoms with Crippen LogP contribution in [0.2, 0.25) is 0 Å². The molecule has 144 valence electrons. The van der Waals surface area contributed by atoms with Gasteiger partial charge in [0.15, 0.2) is 0 Å². The summed E-state index contributed by atoms with van der Waals surface area (Å²) >= 11 is 0. The van der Waals surface area contributed by atoms with Crippen molar-refractivity contribution in [2.75, 3.05) is 31.2 Å². The van der Waals surface area contributed by atoms with E-state index in [0.717, 1.165) is 57.1 Å². The molecule has 2 aromatic heterocycles. The summed E-state index contributed by atoms with van der Waals surface area (Å²) in [5.74, 6) is 1.48. The fourth-order valence-electron chi connectivity index (χ4n) is 3.58. The molecule has 27 heavy (non-hydrogen) atoms. The van der Waals surface area contributed by atoms with Crippen molar-refractivity contribution in [2.45, 2.75) is 44.2 Å². The molecule has 2 aliphatic rings. The van der Waals surface area contributed by atoms with Crippen molar-refractivity contribution in [3.8, 4) is 0 Å². The van der Waals surface area contributed by atoms with Crippen LogP contribution in [0.4, 0.5) is 5.82 Å². The smallest absolute Gasteiger partial charge is 0.220 e. The van der Waals surface area contributed by atoms with E-state index in [1.54, 1.807) is 17.3 Å².